The Bertz CT molecular complexity index is 480. The van der Waals surface area contributed by atoms with Crippen LogP contribution in [0.4, 0.5) is 0 Å². The Balaban J connectivity index is 1.64. The number of carbonyl (C=O) groups is 1. The van der Waals surface area contributed by atoms with Gasteiger partial charge in [-0.15, -0.1) is 11.3 Å². The second kappa shape index (κ2) is 7.08. The molecule has 122 valence electrons. The third kappa shape index (κ3) is 3.51. The van der Waals surface area contributed by atoms with Crippen molar-refractivity contribution < 1.29 is 9.53 Å². The molecule has 2 atom stereocenters. The van der Waals surface area contributed by atoms with Gasteiger partial charge in [0.05, 0.1) is 24.7 Å². The summed E-state index contributed by atoms with van der Waals surface area (Å²) in [5.41, 5.74) is -0.259. The van der Waals surface area contributed by atoms with Gasteiger partial charge in [-0.3, -0.25) is 9.69 Å². The van der Waals surface area contributed by atoms with Gasteiger partial charge in [0.1, 0.15) is 0 Å². The molecule has 2 aliphatic heterocycles. The molecule has 2 fully saturated rings. The molecular weight excluding hydrogens is 298 g/mol. The highest BCUT2D eigenvalue weighted by Crippen LogP contribution is 2.27. The van der Waals surface area contributed by atoms with Crippen LogP contribution in [0.1, 0.15) is 24.3 Å². The first-order valence-corrected chi connectivity index (χ1v) is 8.91. The van der Waals surface area contributed by atoms with Crippen LogP contribution >= 0.6 is 11.3 Å². The highest BCUT2D eigenvalue weighted by Gasteiger charge is 2.36. The fourth-order valence-electron chi connectivity index (χ4n) is 3.19. The van der Waals surface area contributed by atoms with Gasteiger partial charge in [-0.2, -0.15) is 0 Å². The van der Waals surface area contributed by atoms with Crippen molar-refractivity contribution in [3.8, 4) is 0 Å². The molecule has 0 bridgehead atoms. The topological polar surface area (TPSA) is 53.6 Å². The number of thiophene rings is 1. The maximum Gasteiger partial charge on any atom is 0.227 e. The molecule has 3 rings (SSSR count). The number of rotatable bonds is 5. The molecule has 0 saturated carbocycles. The molecule has 0 aromatic carbocycles. The number of hydrogen-bond donors (Lipinski definition) is 2. The van der Waals surface area contributed by atoms with Crippen LogP contribution in [0, 0.1) is 5.41 Å². The smallest absolute Gasteiger partial charge is 0.227 e. The van der Waals surface area contributed by atoms with Crippen molar-refractivity contribution >= 4 is 17.2 Å². The summed E-state index contributed by atoms with van der Waals surface area (Å²) in [5, 5.41) is 8.59. The maximum atomic E-state index is 12.5. The average molecular weight is 323 g/mol. The molecule has 2 saturated heterocycles. The lowest BCUT2D eigenvalue weighted by Gasteiger charge is -2.34. The van der Waals surface area contributed by atoms with Crippen molar-refractivity contribution in [1.29, 1.82) is 0 Å². The molecule has 6 heteroatoms. The Morgan fingerprint density at radius 1 is 1.55 bits per heavy atom. The molecule has 3 heterocycles. The zero-order valence-electron chi connectivity index (χ0n) is 13.1. The quantitative estimate of drug-likeness (QED) is 0.856. The monoisotopic (exact) mass is 323 g/mol. The third-order valence-electron chi connectivity index (χ3n) is 4.73. The SMILES string of the molecule is CC1(C(=O)NCC(c2cccs2)N2CCOCC2)CCNC1. The Kier molecular flexibility index (Phi) is 5.13. The first kappa shape index (κ1) is 15.9. The van der Waals surface area contributed by atoms with Crippen molar-refractivity contribution in [2.24, 2.45) is 5.41 Å². The van der Waals surface area contributed by atoms with E-state index in [-0.39, 0.29) is 17.4 Å². The normalized spacial score (nSPS) is 27.7. The van der Waals surface area contributed by atoms with Crippen LogP contribution in [0.15, 0.2) is 17.5 Å². The molecule has 2 N–H and O–H groups in total. The standard InChI is InChI=1S/C16H25N3O2S/c1-16(4-5-17-12-16)15(20)18-11-13(14-3-2-10-22-14)19-6-8-21-9-7-19/h2-3,10,13,17H,4-9,11-12H2,1H3,(H,18,20). The highest BCUT2D eigenvalue weighted by atomic mass is 32.1. The second-order valence-corrected chi connectivity index (χ2v) is 7.36. The average Bonchev–Trinajstić information content (AvgIpc) is 3.21. The van der Waals surface area contributed by atoms with E-state index in [2.05, 4.69) is 40.0 Å². The Hall–Kier alpha value is -0.950. The summed E-state index contributed by atoms with van der Waals surface area (Å²) >= 11 is 1.76. The molecule has 2 unspecified atom stereocenters. The van der Waals surface area contributed by atoms with Gasteiger partial charge < -0.3 is 15.4 Å². The number of nitrogens with one attached hydrogen (secondary N) is 2. The molecule has 0 radical (unpaired) electrons. The second-order valence-electron chi connectivity index (χ2n) is 6.38. The van der Waals surface area contributed by atoms with E-state index >= 15 is 0 Å². The summed E-state index contributed by atoms with van der Waals surface area (Å²) in [6.45, 7) is 7.84. The van der Waals surface area contributed by atoms with Crippen LogP contribution in [0.5, 0.6) is 0 Å². The van der Waals surface area contributed by atoms with E-state index in [4.69, 9.17) is 4.74 Å². The predicted molar refractivity (Wildman–Crippen MR) is 88.1 cm³/mol. The summed E-state index contributed by atoms with van der Waals surface area (Å²) in [6.07, 6.45) is 0.917. The summed E-state index contributed by atoms with van der Waals surface area (Å²) in [4.78, 5) is 16.3. The van der Waals surface area contributed by atoms with E-state index in [1.54, 1.807) is 11.3 Å². The van der Waals surface area contributed by atoms with Crippen molar-refractivity contribution in [3.05, 3.63) is 22.4 Å². The number of amides is 1. The van der Waals surface area contributed by atoms with Gasteiger partial charge in [0.15, 0.2) is 0 Å². The summed E-state index contributed by atoms with van der Waals surface area (Å²) in [5.74, 6) is 0.173. The van der Waals surface area contributed by atoms with Gasteiger partial charge in [-0.25, -0.2) is 0 Å². The van der Waals surface area contributed by atoms with E-state index in [0.717, 1.165) is 45.8 Å². The fourth-order valence-corrected chi connectivity index (χ4v) is 4.05. The van der Waals surface area contributed by atoms with Crippen molar-refractivity contribution in [1.82, 2.24) is 15.5 Å². The Morgan fingerprint density at radius 2 is 2.36 bits per heavy atom. The van der Waals surface area contributed by atoms with Crippen molar-refractivity contribution in [2.45, 2.75) is 19.4 Å². The predicted octanol–water partition coefficient (Wildman–Crippen LogP) is 1.24. The highest BCUT2D eigenvalue weighted by molar-refractivity contribution is 7.10. The van der Waals surface area contributed by atoms with Crippen LogP contribution < -0.4 is 10.6 Å². The number of nitrogens with zero attached hydrogens (tertiary/aromatic N) is 1. The molecule has 22 heavy (non-hydrogen) atoms. The van der Waals surface area contributed by atoms with E-state index in [1.165, 1.54) is 4.88 Å². The van der Waals surface area contributed by atoms with E-state index < -0.39 is 0 Å². The molecule has 0 aliphatic carbocycles. The maximum absolute atomic E-state index is 12.5. The molecule has 5 nitrogen and oxygen atoms in total. The van der Waals surface area contributed by atoms with Crippen LogP contribution in [0.3, 0.4) is 0 Å². The zero-order chi connectivity index (χ0) is 15.4. The molecule has 1 aromatic rings. The summed E-state index contributed by atoms with van der Waals surface area (Å²) in [7, 11) is 0. The lowest BCUT2D eigenvalue weighted by molar-refractivity contribution is -0.129. The van der Waals surface area contributed by atoms with Crippen LogP contribution in [-0.4, -0.2) is 56.7 Å². The number of ether oxygens (including phenoxy) is 1. The van der Waals surface area contributed by atoms with E-state index in [0.29, 0.717) is 6.54 Å². The van der Waals surface area contributed by atoms with Crippen LogP contribution in [0.2, 0.25) is 0 Å². The third-order valence-corrected chi connectivity index (χ3v) is 5.70. The first-order valence-electron chi connectivity index (χ1n) is 8.03. The molecule has 1 aromatic heterocycles. The Morgan fingerprint density at radius 3 is 3.00 bits per heavy atom. The minimum atomic E-state index is -0.259. The van der Waals surface area contributed by atoms with Crippen molar-refractivity contribution in [2.75, 3.05) is 45.9 Å². The zero-order valence-corrected chi connectivity index (χ0v) is 14.0. The first-order chi connectivity index (χ1) is 10.7. The van der Waals surface area contributed by atoms with Crippen LogP contribution in [0.25, 0.3) is 0 Å². The largest absolute Gasteiger partial charge is 0.379 e. The van der Waals surface area contributed by atoms with E-state index in [1.807, 2.05) is 0 Å². The van der Waals surface area contributed by atoms with Gasteiger partial charge in [-0.05, 0) is 31.3 Å². The lowest BCUT2D eigenvalue weighted by atomic mass is 9.89. The van der Waals surface area contributed by atoms with E-state index in [9.17, 15) is 4.79 Å². The minimum Gasteiger partial charge on any atom is -0.379 e. The van der Waals surface area contributed by atoms with Gasteiger partial charge in [0.25, 0.3) is 0 Å². The number of hydrogen-bond acceptors (Lipinski definition) is 5. The molecule has 1 amide bonds. The minimum absolute atomic E-state index is 0.173. The van der Waals surface area contributed by atoms with Gasteiger partial charge >= 0.3 is 0 Å². The number of morpholine rings is 1. The lowest BCUT2D eigenvalue weighted by Crippen LogP contribution is -2.47. The van der Waals surface area contributed by atoms with Gasteiger partial charge in [0, 0.05) is 31.1 Å². The Labute approximate surface area is 136 Å². The molecule has 0 spiro atoms. The van der Waals surface area contributed by atoms with Crippen LogP contribution in [-0.2, 0) is 9.53 Å². The summed E-state index contributed by atoms with van der Waals surface area (Å²) in [6, 6.07) is 4.50. The van der Waals surface area contributed by atoms with Gasteiger partial charge in [0.2, 0.25) is 5.91 Å². The molecule has 2 aliphatic rings. The molecular formula is C16H25N3O2S. The number of carbonyl (C=O) groups excluding carboxylic acids is 1. The van der Waals surface area contributed by atoms with Gasteiger partial charge in [-0.1, -0.05) is 6.07 Å². The fraction of sp³-hybridized carbons (Fsp3) is 0.688. The summed E-state index contributed by atoms with van der Waals surface area (Å²) < 4.78 is 5.46. The van der Waals surface area contributed by atoms with Crippen molar-refractivity contribution in [3.63, 3.8) is 0 Å².